The molecular weight excluding hydrogens is 254 g/mol. The molecule has 3 rings (SSSR count). The summed E-state index contributed by atoms with van der Waals surface area (Å²) < 4.78 is 0. The Balaban J connectivity index is 1.64. The maximum atomic E-state index is 4.69. The van der Waals surface area contributed by atoms with Crippen molar-refractivity contribution in [1.82, 2.24) is 10.3 Å². The molecule has 1 aromatic rings. The van der Waals surface area contributed by atoms with Crippen molar-refractivity contribution in [2.24, 2.45) is 5.92 Å². The van der Waals surface area contributed by atoms with Gasteiger partial charge in [0.15, 0.2) is 5.13 Å². The quantitative estimate of drug-likeness (QED) is 0.788. The van der Waals surface area contributed by atoms with E-state index in [4.69, 9.17) is 4.98 Å². The molecule has 1 aromatic heterocycles. The van der Waals surface area contributed by atoms with E-state index in [1.54, 1.807) is 0 Å². The van der Waals surface area contributed by atoms with Crippen molar-refractivity contribution < 1.29 is 0 Å². The smallest absolute Gasteiger partial charge is 0.185 e. The van der Waals surface area contributed by atoms with Gasteiger partial charge >= 0.3 is 0 Å². The van der Waals surface area contributed by atoms with E-state index in [0.717, 1.165) is 18.5 Å². The molecule has 1 N–H and O–H groups in total. The lowest BCUT2D eigenvalue weighted by molar-refractivity contribution is 0.577. The minimum Gasteiger partial charge on any atom is -0.345 e. The number of aromatic nitrogens is 1. The second kappa shape index (κ2) is 5.80. The van der Waals surface area contributed by atoms with Gasteiger partial charge in [0, 0.05) is 29.7 Å². The van der Waals surface area contributed by atoms with Crippen molar-refractivity contribution in [3.8, 4) is 0 Å². The second-order valence-corrected chi connectivity index (χ2v) is 7.09. The summed E-state index contributed by atoms with van der Waals surface area (Å²) in [6.07, 6.45) is 8.85. The molecule has 2 aliphatic carbocycles. The van der Waals surface area contributed by atoms with Crippen LogP contribution in [0.4, 0.5) is 5.13 Å². The van der Waals surface area contributed by atoms with Gasteiger partial charge in [-0.25, -0.2) is 4.98 Å². The standard InChI is InChI=1S/C15H25N3S/c1-3-8-16-11(2)14-9-17-15(19-14)18(13-6-7-13)10-12-4-5-12/h9,11-13,16H,3-8,10H2,1-2H3. The Morgan fingerprint density at radius 2 is 2.21 bits per heavy atom. The Bertz CT molecular complexity index is 409. The number of rotatable bonds is 8. The molecule has 1 heterocycles. The average Bonchev–Trinajstić information content (AvgIpc) is 3.32. The van der Waals surface area contributed by atoms with Gasteiger partial charge in [0.05, 0.1) is 0 Å². The van der Waals surface area contributed by atoms with Gasteiger partial charge in [0.1, 0.15) is 0 Å². The highest BCUT2D eigenvalue weighted by atomic mass is 32.1. The zero-order valence-electron chi connectivity index (χ0n) is 12.1. The monoisotopic (exact) mass is 279 g/mol. The van der Waals surface area contributed by atoms with Gasteiger partial charge in [-0.2, -0.15) is 0 Å². The van der Waals surface area contributed by atoms with E-state index in [-0.39, 0.29) is 0 Å². The molecule has 0 bridgehead atoms. The largest absolute Gasteiger partial charge is 0.345 e. The summed E-state index contributed by atoms with van der Waals surface area (Å²) in [7, 11) is 0. The van der Waals surface area contributed by atoms with Gasteiger partial charge in [0.2, 0.25) is 0 Å². The molecule has 0 aromatic carbocycles. The molecule has 4 heteroatoms. The van der Waals surface area contributed by atoms with Crippen LogP contribution in [0.1, 0.15) is 56.9 Å². The summed E-state index contributed by atoms with van der Waals surface area (Å²) in [4.78, 5) is 8.65. The molecule has 0 amide bonds. The summed E-state index contributed by atoms with van der Waals surface area (Å²) in [5.41, 5.74) is 0. The van der Waals surface area contributed by atoms with Crippen LogP contribution in [0.25, 0.3) is 0 Å². The number of anilines is 1. The first kappa shape index (κ1) is 13.4. The summed E-state index contributed by atoms with van der Waals surface area (Å²) in [5.74, 6) is 0.948. The Hall–Kier alpha value is -0.610. The van der Waals surface area contributed by atoms with Crippen molar-refractivity contribution in [3.63, 3.8) is 0 Å². The molecule has 106 valence electrons. The highest BCUT2D eigenvalue weighted by Gasteiger charge is 2.35. The number of hydrogen-bond acceptors (Lipinski definition) is 4. The molecule has 2 aliphatic rings. The van der Waals surface area contributed by atoms with Crippen molar-refractivity contribution in [1.29, 1.82) is 0 Å². The van der Waals surface area contributed by atoms with Crippen molar-refractivity contribution >= 4 is 16.5 Å². The first-order valence-corrected chi connectivity index (χ1v) is 8.55. The van der Waals surface area contributed by atoms with Gasteiger partial charge in [0.25, 0.3) is 0 Å². The number of thiazole rings is 1. The third-order valence-electron chi connectivity index (χ3n) is 4.02. The summed E-state index contributed by atoms with van der Waals surface area (Å²) in [5, 5.41) is 4.81. The van der Waals surface area contributed by atoms with Gasteiger partial charge in [-0.1, -0.05) is 6.92 Å². The topological polar surface area (TPSA) is 28.2 Å². The third kappa shape index (κ3) is 3.48. The van der Waals surface area contributed by atoms with Crippen molar-refractivity contribution in [2.75, 3.05) is 18.0 Å². The Labute approximate surface area is 120 Å². The summed E-state index contributed by atoms with van der Waals surface area (Å²) >= 11 is 1.89. The van der Waals surface area contributed by atoms with Gasteiger partial charge in [-0.15, -0.1) is 11.3 Å². The minimum atomic E-state index is 0.438. The lowest BCUT2D eigenvalue weighted by Gasteiger charge is -2.21. The minimum absolute atomic E-state index is 0.438. The SMILES string of the molecule is CCCNC(C)c1cnc(N(CC2CC2)C2CC2)s1. The van der Waals surface area contributed by atoms with Crippen LogP contribution < -0.4 is 10.2 Å². The summed E-state index contributed by atoms with van der Waals surface area (Å²) in [6, 6.07) is 1.23. The average molecular weight is 279 g/mol. The van der Waals surface area contributed by atoms with Crippen LogP contribution in [0.3, 0.4) is 0 Å². The Morgan fingerprint density at radius 1 is 1.42 bits per heavy atom. The van der Waals surface area contributed by atoms with Crippen LogP contribution in [0.5, 0.6) is 0 Å². The maximum absolute atomic E-state index is 4.69. The Kier molecular flexibility index (Phi) is 4.08. The number of nitrogens with one attached hydrogen (secondary N) is 1. The number of hydrogen-bond donors (Lipinski definition) is 1. The fourth-order valence-corrected chi connectivity index (χ4v) is 3.44. The fraction of sp³-hybridized carbons (Fsp3) is 0.800. The van der Waals surface area contributed by atoms with E-state index in [9.17, 15) is 0 Å². The normalized spacial score (nSPS) is 20.5. The maximum Gasteiger partial charge on any atom is 0.185 e. The van der Waals surface area contributed by atoms with E-state index in [2.05, 4.69) is 30.3 Å². The van der Waals surface area contributed by atoms with E-state index in [0.29, 0.717) is 6.04 Å². The van der Waals surface area contributed by atoms with Crippen molar-refractivity contribution in [2.45, 2.75) is 58.0 Å². The van der Waals surface area contributed by atoms with Crippen LogP contribution in [-0.2, 0) is 0 Å². The lowest BCUT2D eigenvalue weighted by Crippen LogP contribution is -2.27. The van der Waals surface area contributed by atoms with E-state index in [1.807, 2.05) is 11.3 Å². The van der Waals surface area contributed by atoms with Gasteiger partial charge in [-0.3, -0.25) is 0 Å². The molecule has 2 saturated carbocycles. The highest BCUT2D eigenvalue weighted by molar-refractivity contribution is 7.15. The van der Waals surface area contributed by atoms with E-state index in [1.165, 1.54) is 48.7 Å². The van der Waals surface area contributed by atoms with Crippen LogP contribution in [0, 0.1) is 5.92 Å². The van der Waals surface area contributed by atoms with E-state index >= 15 is 0 Å². The molecule has 0 aliphatic heterocycles. The number of nitrogens with zero attached hydrogens (tertiary/aromatic N) is 2. The lowest BCUT2D eigenvalue weighted by atomic mass is 10.3. The zero-order chi connectivity index (χ0) is 13.2. The van der Waals surface area contributed by atoms with Crippen LogP contribution in [0.15, 0.2) is 6.20 Å². The molecule has 19 heavy (non-hydrogen) atoms. The molecule has 0 spiro atoms. The highest BCUT2D eigenvalue weighted by Crippen LogP contribution is 2.39. The molecule has 1 unspecified atom stereocenters. The first-order valence-electron chi connectivity index (χ1n) is 7.73. The summed E-state index contributed by atoms with van der Waals surface area (Å²) in [6.45, 7) is 6.79. The van der Waals surface area contributed by atoms with Crippen LogP contribution in [0.2, 0.25) is 0 Å². The van der Waals surface area contributed by atoms with Crippen molar-refractivity contribution in [3.05, 3.63) is 11.1 Å². The predicted molar refractivity (Wildman–Crippen MR) is 81.9 cm³/mol. The second-order valence-electron chi connectivity index (χ2n) is 6.05. The zero-order valence-corrected chi connectivity index (χ0v) is 12.9. The molecule has 2 fully saturated rings. The van der Waals surface area contributed by atoms with Gasteiger partial charge < -0.3 is 10.2 Å². The van der Waals surface area contributed by atoms with E-state index < -0.39 is 0 Å². The van der Waals surface area contributed by atoms with Crippen LogP contribution in [-0.4, -0.2) is 24.1 Å². The predicted octanol–water partition coefficient (Wildman–Crippen LogP) is 3.58. The molecule has 0 radical (unpaired) electrons. The first-order chi connectivity index (χ1) is 9.28. The molecule has 0 saturated heterocycles. The fourth-order valence-electron chi connectivity index (χ4n) is 2.42. The third-order valence-corrected chi connectivity index (χ3v) is 5.24. The molecular formula is C15H25N3S. The van der Waals surface area contributed by atoms with Gasteiger partial charge in [-0.05, 0) is 51.5 Å². The Morgan fingerprint density at radius 3 is 2.84 bits per heavy atom. The molecule has 1 atom stereocenters. The van der Waals surface area contributed by atoms with Crippen LogP contribution >= 0.6 is 11.3 Å². The molecule has 3 nitrogen and oxygen atoms in total.